The highest BCUT2D eigenvalue weighted by atomic mass is 14.6. The molecular weight excluding hydrogens is 146 g/mol. The van der Waals surface area contributed by atoms with E-state index < -0.39 is 0 Å². The lowest BCUT2D eigenvalue weighted by Gasteiger charge is -2.16. The van der Waals surface area contributed by atoms with Gasteiger partial charge in [0, 0.05) is 6.04 Å². The van der Waals surface area contributed by atoms with Crippen LogP contribution in [0, 0.1) is 11.3 Å². The van der Waals surface area contributed by atoms with E-state index >= 15 is 0 Å². The third kappa shape index (κ3) is 5.14. The number of allylic oxidation sites excluding steroid dienone is 1. The molecular formula is C11H21N. The van der Waals surface area contributed by atoms with Crippen molar-refractivity contribution in [1.29, 1.82) is 0 Å². The Balaban J connectivity index is 4.08. The molecule has 1 heteroatoms. The summed E-state index contributed by atoms with van der Waals surface area (Å²) in [5, 5.41) is 0. The average molecular weight is 167 g/mol. The van der Waals surface area contributed by atoms with Gasteiger partial charge in [0.15, 0.2) is 0 Å². The van der Waals surface area contributed by atoms with Crippen molar-refractivity contribution in [3.63, 3.8) is 0 Å². The third-order valence-corrected chi connectivity index (χ3v) is 1.80. The molecule has 0 heterocycles. The maximum Gasteiger partial charge on any atom is 0.0284 e. The molecule has 0 bridgehead atoms. The molecule has 0 aliphatic carbocycles. The van der Waals surface area contributed by atoms with Crippen molar-refractivity contribution in [3.8, 4) is 0 Å². The molecule has 1 nitrogen and oxygen atoms in total. The van der Waals surface area contributed by atoms with E-state index in [1.54, 1.807) is 0 Å². The van der Waals surface area contributed by atoms with Gasteiger partial charge in [0.2, 0.25) is 0 Å². The number of hydrogen-bond donors (Lipinski definition) is 1. The van der Waals surface area contributed by atoms with E-state index in [2.05, 4.69) is 46.4 Å². The molecule has 12 heavy (non-hydrogen) atoms. The molecule has 0 spiro atoms. The van der Waals surface area contributed by atoms with Gasteiger partial charge >= 0.3 is 0 Å². The molecule has 0 saturated heterocycles. The van der Waals surface area contributed by atoms with Gasteiger partial charge in [0.1, 0.15) is 0 Å². The van der Waals surface area contributed by atoms with Crippen LogP contribution < -0.4 is 5.73 Å². The Bertz CT molecular complexity index is 162. The lowest BCUT2D eigenvalue weighted by atomic mass is 9.93. The van der Waals surface area contributed by atoms with Gasteiger partial charge in [0.25, 0.3) is 0 Å². The predicted molar refractivity (Wildman–Crippen MR) is 55.9 cm³/mol. The van der Waals surface area contributed by atoms with Crippen LogP contribution in [0.3, 0.4) is 0 Å². The monoisotopic (exact) mass is 167 g/mol. The first-order chi connectivity index (χ1) is 5.37. The number of nitrogens with two attached hydrogens (primary N) is 1. The van der Waals surface area contributed by atoms with E-state index in [1.807, 2.05) is 6.08 Å². The smallest absolute Gasteiger partial charge is 0.0284 e. The van der Waals surface area contributed by atoms with Crippen LogP contribution in [0.4, 0.5) is 0 Å². The van der Waals surface area contributed by atoms with Crippen LogP contribution >= 0.6 is 0 Å². The molecule has 0 amide bonds. The Morgan fingerprint density at radius 1 is 1.33 bits per heavy atom. The fourth-order valence-electron chi connectivity index (χ4n) is 0.732. The van der Waals surface area contributed by atoms with Gasteiger partial charge in [-0.3, -0.25) is 0 Å². The molecule has 0 rings (SSSR count). The Labute approximate surface area is 76.3 Å². The molecule has 0 fully saturated rings. The molecule has 0 aromatic heterocycles. The van der Waals surface area contributed by atoms with E-state index in [9.17, 15) is 0 Å². The summed E-state index contributed by atoms with van der Waals surface area (Å²) >= 11 is 0. The van der Waals surface area contributed by atoms with Gasteiger partial charge in [-0.1, -0.05) is 45.9 Å². The molecule has 2 unspecified atom stereocenters. The van der Waals surface area contributed by atoms with Crippen molar-refractivity contribution < 1.29 is 0 Å². The fraction of sp³-hybridized carbons (Fsp3) is 0.636. The van der Waals surface area contributed by atoms with E-state index in [-0.39, 0.29) is 11.5 Å². The minimum atomic E-state index is 0.0988. The van der Waals surface area contributed by atoms with Crippen molar-refractivity contribution in [3.05, 3.63) is 24.8 Å². The minimum absolute atomic E-state index is 0.0988. The summed E-state index contributed by atoms with van der Waals surface area (Å²) in [5.41, 5.74) is 6.10. The van der Waals surface area contributed by atoms with Crippen LogP contribution in [0.25, 0.3) is 0 Å². The Kier molecular flexibility index (Phi) is 4.25. The molecule has 0 aliphatic rings. The zero-order chi connectivity index (χ0) is 9.78. The summed E-state index contributed by atoms with van der Waals surface area (Å²) in [7, 11) is 0. The SMILES string of the molecule is C=CC(C)C(N)/C=C/C(C)(C)C. The summed E-state index contributed by atoms with van der Waals surface area (Å²) in [4.78, 5) is 0. The molecule has 0 aromatic rings. The molecule has 0 aromatic carbocycles. The largest absolute Gasteiger partial charge is 0.324 e. The second kappa shape index (κ2) is 4.46. The summed E-state index contributed by atoms with van der Waals surface area (Å²) in [6, 6.07) is 0.0988. The van der Waals surface area contributed by atoms with Crippen LogP contribution in [-0.4, -0.2) is 6.04 Å². The van der Waals surface area contributed by atoms with Crippen molar-refractivity contribution in [2.24, 2.45) is 17.1 Å². The first kappa shape index (κ1) is 11.4. The third-order valence-electron chi connectivity index (χ3n) is 1.80. The van der Waals surface area contributed by atoms with Gasteiger partial charge in [0.05, 0.1) is 0 Å². The van der Waals surface area contributed by atoms with Gasteiger partial charge in [-0.25, -0.2) is 0 Å². The Hall–Kier alpha value is -0.560. The molecule has 0 aliphatic heterocycles. The average Bonchev–Trinajstić information content (AvgIpc) is 1.97. The first-order valence-corrected chi connectivity index (χ1v) is 4.44. The van der Waals surface area contributed by atoms with Gasteiger partial charge in [-0.15, -0.1) is 6.58 Å². The van der Waals surface area contributed by atoms with Crippen molar-refractivity contribution in [2.75, 3.05) is 0 Å². The summed E-state index contributed by atoms with van der Waals surface area (Å²) in [6.07, 6.45) is 6.10. The predicted octanol–water partition coefficient (Wildman–Crippen LogP) is 2.74. The number of hydrogen-bond acceptors (Lipinski definition) is 1. The van der Waals surface area contributed by atoms with E-state index in [4.69, 9.17) is 5.73 Å². The van der Waals surface area contributed by atoms with Crippen LogP contribution in [-0.2, 0) is 0 Å². The van der Waals surface area contributed by atoms with Crippen LogP contribution in [0.15, 0.2) is 24.8 Å². The highest BCUT2D eigenvalue weighted by Crippen LogP contribution is 2.15. The Morgan fingerprint density at radius 2 is 1.83 bits per heavy atom. The topological polar surface area (TPSA) is 26.0 Å². The van der Waals surface area contributed by atoms with Crippen LogP contribution in [0.5, 0.6) is 0 Å². The van der Waals surface area contributed by atoms with Crippen molar-refractivity contribution in [1.82, 2.24) is 0 Å². The normalized spacial score (nSPS) is 17.8. The Morgan fingerprint density at radius 3 is 2.17 bits per heavy atom. The zero-order valence-electron chi connectivity index (χ0n) is 8.67. The maximum absolute atomic E-state index is 5.88. The lowest BCUT2D eigenvalue weighted by molar-refractivity contribution is 0.533. The van der Waals surface area contributed by atoms with Gasteiger partial charge in [-0.2, -0.15) is 0 Å². The van der Waals surface area contributed by atoms with E-state index in [1.165, 1.54) is 0 Å². The fourth-order valence-corrected chi connectivity index (χ4v) is 0.732. The van der Waals surface area contributed by atoms with Crippen LogP contribution in [0.1, 0.15) is 27.7 Å². The molecule has 2 atom stereocenters. The second-order valence-electron chi connectivity index (χ2n) is 4.40. The highest BCUT2D eigenvalue weighted by Gasteiger charge is 2.08. The quantitative estimate of drug-likeness (QED) is 0.643. The number of rotatable bonds is 3. The summed E-state index contributed by atoms with van der Waals surface area (Å²) < 4.78 is 0. The highest BCUT2D eigenvalue weighted by molar-refractivity contribution is 5.02. The van der Waals surface area contributed by atoms with Gasteiger partial charge < -0.3 is 5.73 Å². The molecule has 2 N–H and O–H groups in total. The minimum Gasteiger partial charge on any atom is -0.324 e. The van der Waals surface area contributed by atoms with E-state index in [0.29, 0.717) is 5.92 Å². The lowest BCUT2D eigenvalue weighted by Crippen LogP contribution is -2.24. The maximum atomic E-state index is 5.88. The molecule has 0 radical (unpaired) electrons. The standard InChI is InChI=1S/C11H21N/c1-6-9(2)10(12)7-8-11(3,4)5/h6-10H,1,12H2,2-5H3/b8-7+. The molecule has 70 valence electrons. The molecule has 0 saturated carbocycles. The van der Waals surface area contributed by atoms with Crippen molar-refractivity contribution >= 4 is 0 Å². The van der Waals surface area contributed by atoms with Gasteiger partial charge in [-0.05, 0) is 11.3 Å². The van der Waals surface area contributed by atoms with E-state index in [0.717, 1.165) is 0 Å². The summed E-state index contributed by atoms with van der Waals surface area (Å²) in [6.45, 7) is 12.3. The zero-order valence-corrected chi connectivity index (χ0v) is 8.67. The van der Waals surface area contributed by atoms with Crippen LogP contribution in [0.2, 0.25) is 0 Å². The summed E-state index contributed by atoms with van der Waals surface area (Å²) in [5.74, 6) is 0.351. The van der Waals surface area contributed by atoms with Crippen molar-refractivity contribution in [2.45, 2.75) is 33.7 Å². The first-order valence-electron chi connectivity index (χ1n) is 4.44. The second-order valence-corrected chi connectivity index (χ2v) is 4.40.